The van der Waals surface area contributed by atoms with Gasteiger partial charge < -0.3 is 15.4 Å². The first-order valence-electron chi connectivity index (χ1n) is 10.0. The van der Waals surface area contributed by atoms with Gasteiger partial charge in [0.1, 0.15) is 11.6 Å². The van der Waals surface area contributed by atoms with Gasteiger partial charge in [-0.3, -0.25) is 9.59 Å². The monoisotopic (exact) mass is 432 g/mol. The van der Waals surface area contributed by atoms with E-state index in [1.54, 1.807) is 30.3 Å². The molecule has 30 heavy (non-hydrogen) atoms. The van der Waals surface area contributed by atoms with Crippen LogP contribution in [0.1, 0.15) is 31.2 Å². The number of piperidine rings is 1. The SMILES string of the molecule is NC(=O)CC1(COc2cccc(Cl)c2)CCN(C(=O)CCc2ccc(F)cc2)CC1. The molecular weight excluding hydrogens is 407 g/mol. The van der Waals surface area contributed by atoms with Crippen molar-refractivity contribution in [1.82, 2.24) is 4.90 Å². The van der Waals surface area contributed by atoms with Crippen LogP contribution in [0.4, 0.5) is 4.39 Å². The van der Waals surface area contributed by atoms with Crippen LogP contribution >= 0.6 is 11.6 Å². The minimum atomic E-state index is -0.401. The van der Waals surface area contributed by atoms with Crippen LogP contribution in [0, 0.1) is 11.2 Å². The first-order chi connectivity index (χ1) is 14.3. The van der Waals surface area contributed by atoms with Crippen molar-refractivity contribution >= 4 is 23.4 Å². The minimum Gasteiger partial charge on any atom is -0.493 e. The summed E-state index contributed by atoms with van der Waals surface area (Å²) in [6, 6.07) is 13.3. The third kappa shape index (κ3) is 6.20. The maximum Gasteiger partial charge on any atom is 0.222 e. The predicted molar refractivity (Wildman–Crippen MR) is 114 cm³/mol. The quantitative estimate of drug-likeness (QED) is 0.685. The van der Waals surface area contributed by atoms with Crippen molar-refractivity contribution < 1.29 is 18.7 Å². The van der Waals surface area contributed by atoms with E-state index in [0.717, 1.165) is 5.56 Å². The lowest BCUT2D eigenvalue weighted by atomic mass is 9.76. The molecule has 3 rings (SSSR count). The van der Waals surface area contributed by atoms with E-state index < -0.39 is 5.41 Å². The Hall–Kier alpha value is -2.60. The molecule has 0 aromatic heterocycles. The number of nitrogens with zero attached hydrogens (tertiary/aromatic N) is 1. The summed E-state index contributed by atoms with van der Waals surface area (Å²) < 4.78 is 18.9. The van der Waals surface area contributed by atoms with E-state index in [4.69, 9.17) is 22.1 Å². The number of carbonyl (C=O) groups is 2. The maximum atomic E-state index is 13.0. The van der Waals surface area contributed by atoms with Crippen molar-refractivity contribution in [2.75, 3.05) is 19.7 Å². The lowest BCUT2D eigenvalue weighted by Crippen LogP contribution is -2.47. The van der Waals surface area contributed by atoms with Gasteiger partial charge in [0.2, 0.25) is 11.8 Å². The molecule has 1 heterocycles. The number of benzene rings is 2. The summed E-state index contributed by atoms with van der Waals surface area (Å²) in [5, 5.41) is 0.582. The highest BCUT2D eigenvalue weighted by Gasteiger charge is 2.38. The Morgan fingerprint density at radius 3 is 2.47 bits per heavy atom. The molecule has 1 saturated heterocycles. The normalized spacial score (nSPS) is 15.6. The van der Waals surface area contributed by atoms with Crippen LogP contribution in [0.2, 0.25) is 5.02 Å². The van der Waals surface area contributed by atoms with E-state index in [1.807, 2.05) is 11.0 Å². The molecule has 7 heteroatoms. The standard InChI is InChI=1S/C23H26ClFN2O3/c24-18-2-1-3-20(14-18)30-16-23(15-21(26)28)10-12-27(13-11-23)22(29)9-6-17-4-7-19(25)8-5-17/h1-5,7-8,14H,6,9-13,15-16H2,(H2,26,28). The van der Waals surface area contributed by atoms with E-state index >= 15 is 0 Å². The highest BCUT2D eigenvalue weighted by atomic mass is 35.5. The summed E-state index contributed by atoms with van der Waals surface area (Å²) in [6.45, 7) is 1.44. The van der Waals surface area contributed by atoms with Gasteiger partial charge in [0, 0.05) is 36.4 Å². The first-order valence-corrected chi connectivity index (χ1v) is 10.4. The zero-order chi connectivity index (χ0) is 21.6. The molecule has 160 valence electrons. The average molecular weight is 433 g/mol. The molecule has 0 saturated carbocycles. The number of likely N-dealkylation sites (tertiary alicyclic amines) is 1. The number of rotatable bonds is 8. The molecule has 1 aliphatic heterocycles. The number of halogens is 2. The van der Waals surface area contributed by atoms with Crippen molar-refractivity contribution in [3.63, 3.8) is 0 Å². The van der Waals surface area contributed by atoms with Gasteiger partial charge in [-0.05, 0) is 55.2 Å². The zero-order valence-corrected chi connectivity index (χ0v) is 17.5. The number of hydrogen-bond donors (Lipinski definition) is 1. The summed E-state index contributed by atoms with van der Waals surface area (Å²) in [7, 11) is 0. The molecule has 5 nitrogen and oxygen atoms in total. The fourth-order valence-electron chi connectivity index (χ4n) is 3.83. The summed E-state index contributed by atoms with van der Waals surface area (Å²) in [4.78, 5) is 26.1. The van der Waals surface area contributed by atoms with Gasteiger partial charge in [0.15, 0.2) is 0 Å². The van der Waals surface area contributed by atoms with Gasteiger partial charge in [-0.15, -0.1) is 0 Å². The lowest BCUT2D eigenvalue weighted by Gasteiger charge is -2.41. The van der Waals surface area contributed by atoms with Crippen molar-refractivity contribution in [2.24, 2.45) is 11.1 Å². The topological polar surface area (TPSA) is 72.6 Å². The van der Waals surface area contributed by atoms with E-state index in [2.05, 4.69) is 0 Å². The third-order valence-electron chi connectivity index (χ3n) is 5.61. The Kier molecular flexibility index (Phi) is 7.32. The van der Waals surface area contributed by atoms with Crippen LogP contribution in [0.3, 0.4) is 0 Å². The molecule has 0 spiro atoms. The van der Waals surface area contributed by atoms with E-state index in [0.29, 0.717) is 56.2 Å². The van der Waals surface area contributed by atoms with E-state index in [-0.39, 0.29) is 24.1 Å². The Morgan fingerprint density at radius 1 is 1.13 bits per heavy atom. The highest BCUT2D eigenvalue weighted by molar-refractivity contribution is 6.30. The van der Waals surface area contributed by atoms with Crippen molar-refractivity contribution in [1.29, 1.82) is 0 Å². The molecule has 2 amide bonds. The summed E-state index contributed by atoms with van der Waals surface area (Å²) in [5.41, 5.74) is 6.03. The largest absolute Gasteiger partial charge is 0.493 e. The molecule has 0 unspecified atom stereocenters. The molecule has 2 aromatic rings. The molecule has 0 radical (unpaired) electrons. The lowest BCUT2D eigenvalue weighted by molar-refractivity contribution is -0.134. The number of nitrogens with two attached hydrogens (primary N) is 1. The van der Waals surface area contributed by atoms with Gasteiger partial charge in [0.05, 0.1) is 6.61 Å². The second kappa shape index (κ2) is 9.94. The fraction of sp³-hybridized carbons (Fsp3) is 0.391. The van der Waals surface area contributed by atoms with Crippen molar-refractivity contribution in [2.45, 2.75) is 32.1 Å². The van der Waals surface area contributed by atoms with Crippen molar-refractivity contribution in [3.8, 4) is 5.75 Å². The zero-order valence-electron chi connectivity index (χ0n) is 16.8. The molecule has 1 aliphatic rings. The van der Waals surface area contributed by atoms with Crippen LogP contribution in [0.5, 0.6) is 5.75 Å². The van der Waals surface area contributed by atoms with Gasteiger partial charge in [-0.1, -0.05) is 29.8 Å². The number of primary amides is 1. The second-order valence-corrected chi connectivity index (χ2v) is 8.33. The van der Waals surface area contributed by atoms with Crippen LogP contribution < -0.4 is 10.5 Å². The maximum absolute atomic E-state index is 13.0. The van der Waals surface area contributed by atoms with Gasteiger partial charge in [-0.25, -0.2) is 4.39 Å². The average Bonchev–Trinajstić information content (AvgIpc) is 2.72. The van der Waals surface area contributed by atoms with Crippen LogP contribution in [-0.4, -0.2) is 36.4 Å². The smallest absolute Gasteiger partial charge is 0.222 e. The van der Waals surface area contributed by atoms with Gasteiger partial charge >= 0.3 is 0 Å². The molecule has 1 fully saturated rings. The van der Waals surface area contributed by atoms with E-state index in [1.165, 1.54) is 12.1 Å². The fourth-order valence-corrected chi connectivity index (χ4v) is 4.01. The molecule has 0 aliphatic carbocycles. The molecular formula is C23H26ClFN2O3. The van der Waals surface area contributed by atoms with E-state index in [9.17, 15) is 14.0 Å². The highest BCUT2D eigenvalue weighted by Crippen LogP contribution is 2.36. The summed E-state index contributed by atoms with van der Waals surface area (Å²) >= 11 is 6.00. The van der Waals surface area contributed by atoms with Crippen LogP contribution in [0.25, 0.3) is 0 Å². The number of hydrogen-bond acceptors (Lipinski definition) is 3. The minimum absolute atomic E-state index is 0.0581. The molecule has 0 atom stereocenters. The number of carbonyl (C=O) groups excluding carboxylic acids is 2. The van der Waals surface area contributed by atoms with Gasteiger partial charge in [-0.2, -0.15) is 0 Å². The summed E-state index contributed by atoms with van der Waals surface area (Å²) in [6.07, 6.45) is 2.43. The Balaban J connectivity index is 1.55. The summed E-state index contributed by atoms with van der Waals surface area (Å²) in [5.74, 6) is 0.0413. The first kappa shape index (κ1) is 22.1. The van der Waals surface area contributed by atoms with Crippen LogP contribution in [0.15, 0.2) is 48.5 Å². The molecule has 0 bridgehead atoms. The molecule has 2 aromatic carbocycles. The van der Waals surface area contributed by atoms with Crippen LogP contribution in [-0.2, 0) is 16.0 Å². The third-order valence-corrected chi connectivity index (χ3v) is 5.84. The van der Waals surface area contributed by atoms with Gasteiger partial charge in [0.25, 0.3) is 0 Å². The number of amides is 2. The Bertz CT molecular complexity index is 880. The second-order valence-electron chi connectivity index (χ2n) is 7.90. The molecule has 2 N–H and O–H groups in total. The Labute approximate surface area is 181 Å². The number of ether oxygens (including phenoxy) is 1. The predicted octanol–water partition coefficient (Wildman–Crippen LogP) is 3.97. The number of aryl methyl sites for hydroxylation is 1. The van der Waals surface area contributed by atoms with Crippen molar-refractivity contribution in [3.05, 3.63) is 64.9 Å². The Morgan fingerprint density at radius 2 is 1.83 bits per heavy atom.